The van der Waals surface area contributed by atoms with Crippen molar-refractivity contribution in [3.8, 4) is 5.75 Å². The number of carbonyl (C=O) groups excluding carboxylic acids is 1. The van der Waals surface area contributed by atoms with Crippen LogP contribution in [0.25, 0.3) is 0 Å². The fourth-order valence-corrected chi connectivity index (χ4v) is 1.87. The summed E-state index contributed by atoms with van der Waals surface area (Å²) < 4.78 is 5.47. The van der Waals surface area contributed by atoms with Gasteiger partial charge in [0, 0.05) is 12.0 Å². The van der Waals surface area contributed by atoms with Crippen LogP contribution < -0.4 is 0 Å². The quantitative estimate of drug-likeness (QED) is 0.899. The number of hydrogen-bond acceptors (Lipinski definition) is 3. The van der Waals surface area contributed by atoms with Crippen molar-refractivity contribution in [2.24, 2.45) is 0 Å². The molecule has 0 saturated heterocycles. The van der Waals surface area contributed by atoms with Gasteiger partial charge in [0.2, 0.25) is 0 Å². The molecule has 0 spiro atoms. The van der Waals surface area contributed by atoms with E-state index >= 15 is 0 Å². The Balaban J connectivity index is 2.03. The number of furan rings is 1. The lowest BCUT2D eigenvalue weighted by molar-refractivity contribution is -0.118. The van der Waals surface area contributed by atoms with Crippen LogP contribution in [0.3, 0.4) is 0 Å². The predicted molar refractivity (Wildman–Crippen MR) is 68.7 cm³/mol. The molecule has 94 valence electrons. The van der Waals surface area contributed by atoms with Crippen LogP contribution in [0.4, 0.5) is 0 Å². The zero-order valence-corrected chi connectivity index (χ0v) is 10.6. The number of hydrogen-bond donors (Lipinski definition) is 1. The molecule has 1 N–H and O–H groups in total. The third kappa shape index (κ3) is 2.80. The Kier molecular flexibility index (Phi) is 3.51. The van der Waals surface area contributed by atoms with Crippen molar-refractivity contribution in [3.05, 3.63) is 53.0 Å². The van der Waals surface area contributed by atoms with E-state index in [1.54, 1.807) is 18.2 Å². The van der Waals surface area contributed by atoms with Crippen molar-refractivity contribution in [1.82, 2.24) is 0 Å². The van der Waals surface area contributed by atoms with Gasteiger partial charge in [-0.15, -0.1) is 0 Å². The van der Waals surface area contributed by atoms with Gasteiger partial charge in [0.25, 0.3) is 0 Å². The van der Waals surface area contributed by atoms with Gasteiger partial charge >= 0.3 is 0 Å². The molecule has 2 aromatic rings. The van der Waals surface area contributed by atoms with E-state index in [1.807, 2.05) is 26.0 Å². The van der Waals surface area contributed by atoms with Crippen molar-refractivity contribution in [2.45, 2.75) is 26.7 Å². The van der Waals surface area contributed by atoms with Crippen LogP contribution in [0.5, 0.6) is 5.75 Å². The van der Waals surface area contributed by atoms with E-state index in [4.69, 9.17) is 4.42 Å². The summed E-state index contributed by atoms with van der Waals surface area (Å²) in [5, 5.41) is 9.60. The Morgan fingerprint density at radius 3 is 2.56 bits per heavy atom. The van der Waals surface area contributed by atoms with Gasteiger partial charge in [-0.05, 0) is 31.5 Å². The maximum atomic E-state index is 11.9. The summed E-state index contributed by atoms with van der Waals surface area (Å²) in [5.41, 5.74) is 1.71. The monoisotopic (exact) mass is 244 g/mol. The SMILES string of the molecule is Cc1cc(CC(=O)Cc2ccccc2O)oc1C. The molecule has 0 unspecified atom stereocenters. The molecule has 1 aromatic carbocycles. The summed E-state index contributed by atoms with van der Waals surface area (Å²) in [4.78, 5) is 11.9. The van der Waals surface area contributed by atoms with Gasteiger partial charge < -0.3 is 9.52 Å². The second kappa shape index (κ2) is 5.08. The predicted octanol–water partition coefficient (Wildman–Crippen LogP) is 2.96. The van der Waals surface area contributed by atoms with Crippen LogP contribution in [0.1, 0.15) is 22.6 Å². The summed E-state index contributed by atoms with van der Waals surface area (Å²) in [6.45, 7) is 3.84. The van der Waals surface area contributed by atoms with Crippen LogP contribution in [0.15, 0.2) is 34.7 Å². The number of carbonyl (C=O) groups is 1. The Morgan fingerprint density at radius 1 is 1.22 bits per heavy atom. The highest BCUT2D eigenvalue weighted by molar-refractivity contribution is 5.83. The van der Waals surface area contributed by atoms with E-state index in [9.17, 15) is 9.90 Å². The highest BCUT2D eigenvalue weighted by Crippen LogP contribution is 2.18. The number of rotatable bonds is 4. The van der Waals surface area contributed by atoms with Gasteiger partial charge in [-0.25, -0.2) is 0 Å². The first-order valence-corrected chi connectivity index (χ1v) is 5.90. The summed E-state index contributed by atoms with van der Waals surface area (Å²) >= 11 is 0. The average Bonchev–Trinajstić information content (AvgIpc) is 2.61. The highest BCUT2D eigenvalue weighted by Gasteiger charge is 2.11. The van der Waals surface area contributed by atoms with E-state index < -0.39 is 0 Å². The van der Waals surface area contributed by atoms with Crippen LogP contribution in [-0.2, 0) is 17.6 Å². The number of aromatic hydroxyl groups is 1. The Labute approximate surface area is 106 Å². The van der Waals surface area contributed by atoms with Crippen LogP contribution in [0, 0.1) is 13.8 Å². The maximum absolute atomic E-state index is 11.9. The summed E-state index contributed by atoms with van der Waals surface area (Å²) in [7, 11) is 0. The fourth-order valence-electron chi connectivity index (χ4n) is 1.87. The first-order valence-electron chi connectivity index (χ1n) is 5.90. The van der Waals surface area contributed by atoms with Crippen LogP contribution >= 0.6 is 0 Å². The molecule has 0 saturated carbocycles. The molecule has 0 amide bonds. The fraction of sp³-hybridized carbons (Fsp3) is 0.267. The molecule has 0 aliphatic heterocycles. The molecule has 0 fully saturated rings. The van der Waals surface area contributed by atoms with Crippen LogP contribution in [-0.4, -0.2) is 10.9 Å². The van der Waals surface area contributed by atoms with E-state index in [1.165, 1.54) is 0 Å². The molecule has 1 heterocycles. The van der Waals surface area contributed by atoms with E-state index in [2.05, 4.69) is 0 Å². The zero-order valence-electron chi connectivity index (χ0n) is 10.6. The molecule has 3 nitrogen and oxygen atoms in total. The van der Waals surface area contributed by atoms with Gasteiger partial charge in [0.1, 0.15) is 23.1 Å². The van der Waals surface area contributed by atoms with Crippen molar-refractivity contribution in [3.63, 3.8) is 0 Å². The molecule has 18 heavy (non-hydrogen) atoms. The second-order valence-corrected chi connectivity index (χ2v) is 4.47. The van der Waals surface area contributed by atoms with Crippen molar-refractivity contribution in [1.29, 1.82) is 0 Å². The Morgan fingerprint density at radius 2 is 1.94 bits per heavy atom. The molecular formula is C15H16O3. The molecule has 3 heteroatoms. The lowest BCUT2D eigenvalue weighted by atomic mass is 10.1. The molecule has 0 atom stereocenters. The number of Topliss-reactive ketones (excluding diaryl/α,β-unsaturated/α-hetero) is 1. The smallest absolute Gasteiger partial charge is 0.144 e. The largest absolute Gasteiger partial charge is 0.508 e. The third-order valence-electron chi connectivity index (χ3n) is 2.97. The highest BCUT2D eigenvalue weighted by atomic mass is 16.3. The minimum atomic E-state index is 0.0326. The topological polar surface area (TPSA) is 50.4 Å². The molecule has 0 radical (unpaired) electrons. The first-order chi connectivity index (χ1) is 8.56. The molecular weight excluding hydrogens is 228 g/mol. The number of aryl methyl sites for hydroxylation is 2. The Bertz CT molecular complexity index is 547. The van der Waals surface area contributed by atoms with Gasteiger partial charge in [0.15, 0.2) is 0 Å². The van der Waals surface area contributed by atoms with Crippen molar-refractivity contribution < 1.29 is 14.3 Å². The normalized spacial score (nSPS) is 10.6. The number of phenols is 1. The zero-order chi connectivity index (χ0) is 13.1. The van der Waals surface area contributed by atoms with Crippen LogP contribution in [0.2, 0.25) is 0 Å². The minimum Gasteiger partial charge on any atom is -0.508 e. The van der Waals surface area contributed by atoms with E-state index in [0.717, 1.165) is 11.3 Å². The standard InChI is InChI=1S/C15H16O3/c1-10-7-14(18-11(10)2)9-13(16)8-12-5-3-4-6-15(12)17/h3-7,17H,8-9H2,1-2H3. The Hall–Kier alpha value is -2.03. The average molecular weight is 244 g/mol. The van der Waals surface area contributed by atoms with Gasteiger partial charge in [-0.2, -0.15) is 0 Å². The molecule has 0 aliphatic carbocycles. The molecule has 1 aromatic heterocycles. The lowest BCUT2D eigenvalue weighted by Crippen LogP contribution is -2.06. The van der Waals surface area contributed by atoms with Crippen molar-refractivity contribution in [2.75, 3.05) is 0 Å². The summed E-state index contributed by atoms with van der Waals surface area (Å²) in [6.07, 6.45) is 0.495. The summed E-state index contributed by atoms with van der Waals surface area (Å²) in [5.74, 6) is 1.73. The maximum Gasteiger partial charge on any atom is 0.144 e. The number of phenolic OH excluding ortho intramolecular Hbond substituents is 1. The first kappa shape index (κ1) is 12.4. The number of ketones is 1. The van der Waals surface area contributed by atoms with Crippen molar-refractivity contribution >= 4 is 5.78 Å². The number of para-hydroxylation sites is 1. The molecule has 2 rings (SSSR count). The minimum absolute atomic E-state index is 0.0326. The second-order valence-electron chi connectivity index (χ2n) is 4.47. The lowest BCUT2D eigenvalue weighted by Gasteiger charge is -2.02. The summed E-state index contributed by atoms with van der Waals surface area (Å²) in [6, 6.07) is 8.78. The third-order valence-corrected chi connectivity index (χ3v) is 2.97. The van der Waals surface area contributed by atoms with E-state index in [0.29, 0.717) is 11.3 Å². The van der Waals surface area contributed by atoms with E-state index in [-0.39, 0.29) is 24.4 Å². The number of benzene rings is 1. The molecule has 0 bridgehead atoms. The van der Waals surface area contributed by atoms with Gasteiger partial charge in [0.05, 0.1) is 6.42 Å². The van der Waals surface area contributed by atoms with Gasteiger partial charge in [-0.1, -0.05) is 18.2 Å². The molecule has 0 aliphatic rings. The van der Waals surface area contributed by atoms with Gasteiger partial charge in [-0.3, -0.25) is 4.79 Å².